The first-order chi connectivity index (χ1) is 9.58. The number of benzene rings is 1. The molecule has 0 bridgehead atoms. The molecule has 1 rings (SSSR count). The van der Waals surface area contributed by atoms with Crippen molar-refractivity contribution in [3.8, 4) is 0 Å². The summed E-state index contributed by atoms with van der Waals surface area (Å²) in [5, 5.41) is 3.39. The Morgan fingerprint density at radius 1 is 1.35 bits per heavy atom. The maximum atomic E-state index is 11.6. The summed E-state index contributed by atoms with van der Waals surface area (Å²) in [4.78, 5) is 11.6. The molecule has 0 amide bonds. The molecule has 0 aliphatic rings. The molecular weight excluding hydrogens is 252 g/mol. The van der Waals surface area contributed by atoms with Crippen LogP contribution >= 0.6 is 0 Å². The van der Waals surface area contributed by atoms with Gasteiger partial charge in [-0.2, -0.15) is 0 Å². The van der Waals surface area contributed by atoms with Crippen LogP contribution in [0, 0.1) is 0 Å². The monoisotopic (exact) mass is 278 g/mol. The maximum Gasteiger partial charge on any atom is 0.338 e. The van der Waals surface area contributed by atoms with E-state index < -0.39 is 0 Å². The van der Waals surface area contributed by atoms with Crippen LogP contribution in [0.15, 0.2) is 18.2 Å². The number of rotatable bonds is 8. The van der Waals surface area contributed by atoms with Gasteiger partial charge in [0.25, 0.3) is 0 Å². The van der Waals surface area contributed by atoms with E-state index >= 15 is 0 Å². The number of nitrogens with one attached hydrogen (secondary N) is 1. The number of carbonyl (C=O) groups is 1. The summed E-state index contributed by atoms with van der Waals surface area (Å²) in [7, 11) is 0. The predicted molar refractivity (Wildman–Crippen MR) is 84.0 cm³/mol. The molecule has 0 aromatic heterocycles. The fourth-order valence-corrected chi connectivity index (χ4v) is 2.07. The van der Waals surface area contributed by atoms with Crippen molar-refractivity contribution in [1.29, 1.82) is 0 Å². The van der Waals surface area contributed by atoms with Gasteiger partial charge in [-0.3, -0.25) is 0 Å². The summed E-state index contributed by atoms with van der Waals surface area (Å²) in [6.45, 7) is 6.50. The van der Waals surface area contributed by atoms with E-state index in [-0.39, 0.29) is 5.97 Å². The average Bonchev–Trinajstić information content (AvgIpc) is 2.41. The number of esters is 1. The summed E-state index contributed by atoms with van der Waals surface area (Å²) in [6, 6.07) is 5.63. The number of hydrogen-bond acceptors (Lipinski definition) is 4. The normalized spacial score (nSPS) is 11.9. The third-order valence-corrected chi connectivity index (χ3v) is 3.21. The molecule has 20 heavy (non-hydrogen) atoms. The van der Waals surface area contributed by atoms with Crippen molar-refractivity contribution in [2.75, 3.05) is 17.7 Å². The van der Waals surface area contributed by atoms with Crippen LogP contribution in [0.4, 0.5) is 11.4 Å². The van der Waals surface area contributed by atoms with E-state index in [1.165, 1.54) is 19.3 Å². The van der Waals surface area contributed by atoms with Gasteiger partial charge in [0, 0.05) is 6.04 Å². The number of carbonyl (C=O) groups excluding carboxylic acids is 1. The van der Waals surface area contributed by atoms with Crippen molar-refractivity contribution in [2.24, 2.45) is 0 Å². The second kappa shape index (κ2) is 8.46. The zero-order chi connectivity index (χ0) is 15.0. The molecule has 112 valence electrons. The Hall–Kier alpha value is -1.71. The molecule has 0 saturated carbocycles. The summed E-state index contributed by atoms with van der Waals surface area (Å²) in [5.41, 5.74) is 7.94. The van der Waals surface area contributed by atoms with Gasteiger partial charge in [0.1, 0.15) is 0 Å². The van der Waals surface area contributed by atoms with Crippen LogP contribution in [0.3, 0.4) is 0 Å². The Morgan fingerprint density at radius 3 is 2.70 bits per heavy atom. The lowest BCUT2D eigenvalue weighted by atomic mass is 10.1. The van der Waals surface area contributed by atoms with Gasteiger partial charge >= 0.3 is 5.97 Å². The molecule has 0 fully saturated rings. The lowest BCUT2D eigenvalue weighted by Gasteiger charge is -2.17. The Balaban J connectivity index is 2.61. The molecule has 0 aliphatic carbocycles. The molecule has 3 N–H and O–H groups in total. The highest BCUT2D eigenvalue weighted by Crippen LogP contribution is 2.22. The van der Waals surface area contributed by atoms with Crippen LogP contribution < -0.4 is 11.1 Å². The number of ether oxygens (including phenoxy) is 1. The fourth-order valence-electron chi connectivity index (χ4n) is 2.07. The van der Waals surface area contributed by atoms with Crippen LogP contribution in [0.5, 0.6) is 0 Å². The molecule has 0 heterocycles. The average molecular weight is 278 g/mol. The second-order valence-electron chi connectivity index (χ2n) is 5.06. The van der Waals surface area contributed by atoms with Gasteiger partial charge in [-0.15, -0.1) is 0 Å². The van der Waals surface area contributed by atoms with Gasteiger partial charge in [0.05, 0.1) is 23.5 Å². The first-order valence-electron chi connectivity index (χ1n) is 7.41. The third kappa shape index (κ3) is 5.11. The highest BCUT2D eigenvalue weighted by Gasteiger charge is 2.10. The molecule has 1 aromatic carbocycles. The molecule has 0 aliphatic heterocycles. The molecule has 1 unspecified atom stereocenters. The first-order valence-corrected chi connectivity index (χ1v) is 7.41. The maximum absolute atomic E-state index is 11.6. The minimum atomic E-state index is -0.332. The third-order valence-electron chi connectivity index (χ3n) is 3.21. The summed E-state index contributed by atoms with van der Waals surface area (Å²) in [5.74, 6) is -0.332. The van der Waals surface area contributed by atoms with Crippen LogP contribution in [0.25, 0.3) is 0 Å². The Morgan fingerprint density at radius 2 is 2.10 bits per heavy atom. The minimum absolute atomic E-state index is 0.332. The minimum Gasteiger partial charge on any atom is -0.462 e. The van der Waals surface area contributed by atoms with Crippen LogP contribution in [-0.2, 0) is 4.74 Å². The van der Waals surface area contributed by atoms with Crippen molar-refractivity contribution in [3.63, 3.8) is 0 Å². The summed E-state index contributed by atoms with van der Waals surface area (Å²) >= 11 is 0. The van der Waals surface area contributed by atoms with Gasteiger partial charge in [0.15, 0.2) is 0 Å². The topological polar surface area (TPSA) is 64.3 Å². The van der Waals surface area contributed by atoms with E-state index in [1.54, 1.807) is 19.1 Å². The lowest BCUT2D eigenvalue weighted by Crippen LogP contribution is -2.16. The van der Waals surface area contributed by atoms with Gasteiger partial charge in [-0.1, -0.05) is 26.2 Å². The Labute approximate surface area is 121 Å². The van der Waals surface area contributed by atoms with E-state index in [9.17, 15) is 4.79 Å². The highest BCUT2D eigenvalue weighted by molar-refractivity contribution is 5.91. The molecule has 0 radical (unpaired) electrons. The second-order valence-corrected chi connectivity index (χ2v) is 5.06. The van der Waals surface area contributed by atoms with Crippen molar-refractivity contribution in [3.05, 3.63) is 23.8 Å². The number of unbranched alkanes of at least 4 members (excludes halogenated alkanes) is 2. The molecule has 4 heteroatoms. The van der Waals surface area contributed by atoms with Crippen molar-refractivity contribution in [2.45, 2.75) is 52.5 Å². The predicted octanol–water partition coefficient (Wildman–Crippen LogP) is 3.83. The molecule has 0 spiro atoms. The molecule has 1 atom stereocenters. The van der Waals surface area contributed by atoms with Crippen LogP contribution in [0.1, 0.15) is 56.8 Å². The van der Waals surface area contributed by atoms with Gasteiger partial charge < -0.3 is 15.8 Å². The van der Waals surface area contributed by atoms with E-state index in [0.29, 0.717) is 23.9 Å². The van der Waals surface area contributed by atoms with E-state index in [2.05, 4.69) is 19.2 Å². The quantitative estimate of drug-likeness (QED) is 0.431. The van der Waals surface area contributed by atoms with E-state index in [4.69, 9.17) is 10.5 Å². The Kier molecular flexibility index (Phi) is 6.91. The van der Waals surface area contributed by atoms with Crippen molar-refractivity contribution in [1.82, 2.24) is 0 Å². The molecule has 1 aromatic rings. The first kappa shape index (κ1) is 16.3. The fraction of sp³-hybridized carbons (Fsp3) is 0.562. The van der Waals surface area contributed by atoms with Crippen molar-refractivity contribution >= 4 is 17.3 Å². The largest absolute Gasteiger partial charge is 0.462 e. The summed E-state index contributed by atoms with van der Waals surface area (Å²) in [6.07, 6.45) is 4.81. The Bertz CT molecular complexity index is 432. The zero-order valence-corrected chi connectivity index (χ0v) is 12.7. The number of nitrogen functional groups attached to an aromatic ring is 1. The smallest absolute Gasteiger partial charge is 0.338 e. The van der Waals surface area contributed by atoms with Gasteiger partial charge in [-0.25, -0.2) is 4.79 Å². The van der Waals surface area contributed by atoms with Crippen molar-refractivity contribution < 1.29 is 9.53 Å². The van der Waals surface area contributed by atoms with E-state index in [1.807, 2.05) is 6.07 Å². The molecule has 0 saturated heterocycles. The van der Waals surface area contributed by atoms with Crippen LogP contribution in [-0.4, -0.2) is 18.6 Å². The number of hydrogen-bond donors (Lipinski definition) is 2. The SMILES string of the molecule is CCCCCC(C)Nc1ccc(C(=O)OCC)cc1N. The highest BCUT2D eigenvalue weighted by atomic mass is 16.5. The number of nitrogens with two attached hydrogens (primary N) is 1. The van der Waals surface area contributed by atoms with Gasteiger partial charge in [-0.05, 0) is 38.5 Å². The van der Waals surface area contributed by atoms with Gasteiger partial charge in [0.2, 0.25) is 0 Å². The number of anilines is 2. The molecule has 4 nitrogen and oxygen atoms in total. The summed E-state index contributed by atoms with van der Waals surface area (Å²) < 4.78 is 4.95. The standard InChI is InChI=1S/C16H26N2O2/c1-4-6-7-8-12(3)18-15-10-9-13(11-14(15)17)16(19)20-5-2/h9-12,18H,4-8,17H2,1-3H3. The van der Waals surface area contributed by atoms with E-state index in [0.717, 1.165) is 12.1 Å². The van der Waals surface area contributed by atoms with Crippen LogP contribution in [0.2, 0.25) is 0 Å². The zero-order valence-electron chi connectivity index (χ0n) is 12.7. The lowest BCUT2D eigenvalue weighted by molar-refractivity contribution is 0.0526. The molecular formula is C16H26N2O2.